The third-order valence-corrected chi connectivity index (χ3v) is 2.54. The number of terminal acetylenes is 1. The van der Waals surface area contributed by atoms with E-state index < -0.39 is 0 Å². The summed E-state index contributed by atoms with van der Waals surface area (Å²) in [7, 11) is 0. The van der Waals surface area contributed by atoms with Gasteiger partial charge in [0, 0.05) is 11.9 Å². The Kier molecular flexibility index (Phi) is 1.86. The fourth-order valence-electron chi connectivity index (χ4n) is 1.24. The maximum Gasteiger partial charge on any atom is 0.152 e. The summed E-state index contributed by atoms with van der Waals surface area (Å²) < 4.78 is 2.93. The molecule has 13 heavy (non-hydrogen) atoms. The van der Waals surface area contributed by atoms with E-state index in [4.69, 9.17) is 6.42 Å². The van der Waals surface area contributed by atoms with Gasteiger partial charge in [-0.05, 0) is 40.9 Å². The van der Waals surface area contributed by atoms with Gasteiger partial charge in [0.2, 0.25) is 0 Å². The van der Waals surface area contributed by atoms with Crippen molar-refractivity contribution in [3.05, 3.63) is 34.2 Å². The van der Waals surface area contributed by atoms with E-state index in [-0.39, 0.29) is 0 Å². The Bertz CT molecular complexity index is 466. The second-order valence-corrected chi connectivity index (χ2v) is 3.64. The van der Waals surface area contributed by atoms with E-state index in [1.54, 1.807) is 0 Å². The number of hydrogen-bond donors (Lipinski definition) is 0. The Morgan fingerprint density at radius 3 is 2.92 bits per heavy atom. The second-order valence-electron chi connectivity index (χ2n) is 2.79. The molecule has 2 aromatic rings. The third-order valence-electron chi connectivity index (χ3n) is 1.92. The first-order valence-electron chi connectivity index (χ1n) is 3.83. The number of fused-ring (bicyclic) bond motifs is 1. The summed E-state index contributed by atoms with van der Waals surface area (Å²) in [6.07, 6.45) is 7.13. The van der Waals surface area contributed by atoms with Crippen LogP contribution in [0.15, 0.2) is 22.8 Å². The minimum absolute atomic E-state index is 0.662. The first-order chi connectivity index (χ1) is 6.22. The number of hydrogen-bond acceptors (Lipinski definition) is 1. The molecule has 0 saturated carbocycles. The van der Waals surface area contributed by atoms with Gasteiger partial charge in [-0.1, -0.05) is 0 Å². The molecule has 2 heterocycles. The SMILES string of the molecule is C#Cc1cn2c(C)ccc(Br)c2n1. The van der Waals surface area contributed by atoms with Crippen LogP contribution in [-0.4, -0.2) is 9.38 Å². The van der Waals surface area contributed by atoms with Crippen LogP contribution < -0.4 is 0 Å². The fourth-order valence-corrected chi connectivity index (χ4v) is 1.65. The maximum absolute atomic E-state index is 5.27. The van der Waals surface area contributed by atoms with Gasteiger partial charge in [-0.25, -0.2) is 4.98 Å². The number of pyridine rings is 1. The van der Waals surface area contributed by atoms with E-state index in [0.29, 0.717) is 5.69 Å². The largest absolute Gasteiger partial charge is 0.302 e. The first-order valence-corrected chi connectivity index (χ1v) is 4.62. The summed E-state index contributed by atoms with van der Waals surface area (Å²) >= 11 is 3.42. The fraction of sp³-hybridized carbons (Fsp3) is 0.100. The molecule has 0 radical (unpaired) electrons. The van der Waals surface area contributed by atoms with Crippen molar-refractivity contribution in [2.45, 2.75) is 6.92 Å². The van der Waals surface area contributed by atoms with Gasteiger partial charge in [-0.15, -0.1) is 6.42 Å². The van der Waals surface area contributed by atoms with E-state index >= 15 is 0 Å². The molecule has 2 nitrogen and oxygen atoms in total. The molecule has 0 aromatic carbocycles. The van der Waals surface area contributed by atoms with E-state index in [1.165, 1.54) is 0 Å². The lowest BCUT2D eigenvalue weighted by Gasteiger charge is -1.99. The molecule has 0 aliphatic carbocycles. The summed E-state index contributed by atoms with van der Waals surface area (Å²) in [6.45, 7) is 2.02. The average Bonchev–Trinajstić information content (AvgIpc) is 2.56. The molecule has 0 unspecified atom stereocenters. The van der Waals surface area contributed by atoms with Crippen LogP contribution in [0.3, 0.4) is 0 Å². The van der Waals surface area contributed by atoms with Crippen LogP contribution in [0, 0.1) is 19.3 Å². The zero-order valence-corrected chi connectivity index (χ0v) is 8.67. The summed E-state index contributed by atoms with van der Waals surface area (Å²) in [6, 6.07) is 3.98. The molecule has 0 fully saturated rings. The number of nitrogens with zero attached hydrogens (tertiary/aromatic N) is 2. The normalized spacial score (nSPS) is 10.2. The van der Waals surface area contributed by atoms with E-state index in [9.17, 15) is 0 Å². The Hall–Kier alpha value is -1.27. The lowest BCUT2D eigenvalue weighted by atomic mass is 10.4. The molecule has 2 aromatic heterocycles. The standard InChI is InChI=1S/C10H7BrN2/c1-3-8-6-13-7(2)4-5-9(11)10(13)12-8/h1,4-6H,2H3. The van der Waals surface area contributed by atoms with Crippen molar-refractivity contribution in [2.24, 2.45) is 0 Å². The van der Waals surface area contributed by atoms with Crippen LogP contribution >= 0.6 is 15.9 Å². The number of rotatable bonds is 0. The Labute approximate surface area is 84.7 Å². The molecule has 0 aliphatic heterocycles. The van der Waals surface area contributed by atoms with E-state index in [1.807, 2.05) is 29.7 Å². The van der Waals surface area contributed by atoms with Crippen molar-refractivity contribution in [3.63, 3.8) is 0 Å². The molecule has 0 saturated heterocycles. The van der Waals surface area contributed by atoms with Crippen LogP contribution in [0.2, 0.25) is 0 Å². The van der Waals surface area contributed by atoms with E-state index in [0.717, 1.165) is 15.8 Å². The van der Waals surface area contributed by atoms with Crippen molar-refractivity contribution in [2.75, 3.05) is 0 Å². The lowest BCUT2D eigenvalue weighted by molar-refractivity contribution is 1.09. The van der Waals surface area contributed by atoms with Crippen LogP contribution in [0.25, 0.3) is 5.65 Å². The lowest BCUT2D eigenvalue weighted by Crippen LogP contribution is -1.88. The molecule has 0 spiro atoms. The van der Waals surface area contributed by atoms with Crippen molar-refractivity contribution in [3.8, 4) is 12.3 Å². The molecular formula is C10H7BrN2. The molecule has 3 heteroatoms. The van der Waals surface area contributed by atoms with Crippen molar-refractivity contribution >= 4 is 21.6 Å². The highest BCUT2D eigenvalue weighted by Gasteiger charge is 2.04. The van der Waals surface area contributed by atoms with Gasteiger partial charge in [-0.2, -0.15) is 0 Å². The summed E-state index contributed by atoms with van der Waals surface area (Å²) in [4.78, 5) is 4.27. The van der Waals surface area contributed by atoms with Crippen LogP contribution in [0.5, 0.6) is 0 Å². The quantitative estimate of drug-likeness (QED) is 0.641. The highest BCUT2D eigenvalue weighted by Crippen LogP contribution is 2.18. The predicted molar refractivity (Wildman–Crippen MR) is 55.6 cm³/mol. The van der Waals surface area contributed by atoms with Gasteiger partial charge in [0.05, 0.1) is 4.47 Å². The number of aryl methyl sites for hydroxylation is 1. The van der Waals surface area contributed by atoms with Gasteiger partial charge in [0.15, 0.2) is 5.65 Å². The van der Waals surface area contributed by atoms with Crippen LogP contribution in [-0.2, 0) is 0 Å². The minimum Gasteiger partial charge on any atom is -0.302 e. The molecular weight excluding hydrogens is 228 g/mol. The molecule has 2 rings (SSSR count). The highest BCUT2D eigenvalue weighted by atomic mass is 79.9. The van der Waals surface area contributed by atoms with Gasteiger partial charge < -0.3 is 4.40 Å². The van der Waals surface area contributed by atoms with Crippen LogP contribution in [0.1, 0.15) is 11.4 Å². The van der Waals surface area contributed by atoms with Crippen molar-refractivity contribution in [1.29, 1.82) is 0 Å². The number of halogens is 1. The predicted octanol–water partition coefficient (Wildman–Crippen LogP) is 2.39. The zero-order chi connectivity index (χ0) is 9.42. The summed E-state index contributed by atoms with van der Waals surface area (Å²) in [5.74, 6) is 2.52. The second kappa shape index (κ2) is 2.90. The van der Waals surface area contributed by atoms with Crippen LogP contribution in [0.4, 0.5) is 0 Å². The monoisotopic (exact) mass is 234 g/mol. The molecule has 64 valence electrons. The Balaban J connectivity index is 2.90. The van der Waals surface area contributed by atoms with Gasteiger partial charge in [-0.3, -0.25) is 0 Å². The maximum atomic E-state index is 5.27. The van der Waals surface area contributed by atoms with Crippen molar-refractivity contribution in [1.82, 2.24) is 9.38 Å². The van der Waals surface area contributed by atoms with Gasteiger partial charge >= 0.3 is 0 Å². The summed E-state index contributed by atoms with van der Waals surface area (Å²) in [5, 5.41) is 0. The summed E-state index contributed by atoms with van der Waals surface area (Å²) in [5.41, 5.74) is 2.65. The smallest absolute Gasteiger partial charge is 0.152 e. The van der Waals surface area contributed by atoms with Crippen molar-refractivity contribution < 1.29 is 0 Å². The third kappa shape index (κ3) is 1.24. The van der Waals surface area contributed by atoms with Gasteiger partial charge in [0.1, 0.15) is 5.69 Å². The molecule has 0 bridgehead atoms. The highest BCUT2D eigenvalue weighted by molar-refractivity contribution is 9.10. The average molecular weight is 235 g/mol. The first kappa shape index (κ1) is 8.33. The number of aromatic nitrogens is 2. The minimum atomic E-state index is 0.662. The molecule has 0 N–H and O–H groups in total. The zero-order valence-electron chi connectivity index (χ0n) is 7.08. The Morgan fingerprint density at radius 2 is 2.31 bits per heavy atom. The van der Waals surface area contributed by atoms with E-state index in [2.05, 4.69) is 26.8 Å². The molecule has 0 aliphatic rings. The molecule has 0 amide bonds. The topological polar surface area (TPSA) is 17.3 Å². The Morgan fingerprint density at radius 1 is 1.54 bits per heavy atom. The number of imidazole rings is 1. The molecule has 0 atom stereocenters. The van der Waals surface area contributed by atoms with Gasteiger partial charge in [0.25, 0.3) is 0 Å².